The summed E-state index contributed by atoms with van der Waals surface area (Å²) in [5.41, 5.74) is -0.749. The van der Waals surface area contributed by atoms with Gasteiger partial charge in [-0.1, -0.05) is 49.9 Å². The molecule has 0 saturated carbocycles. The van der Waals surface area contributed by atoms with Crippen molar-refractivity contribution in [3.05, 3.63) is 33.6 Å². The van der Waals surface area contributed by atoms with Crippen molar-refractivity contribution in [2.75, 3.05) is 0 Å². The number of benzene rings is 1. The van der Waals surface area contributed by atoms with Crippen LogP contribution >= 0.6 is 23.2 Å². The van der Waals surface area contributed by atoms with Crippen LogP contribution in [0.25, 0.3) is 0 Å². The van der Waals surface area contributed by atoms with Crippen molar-refractivity contribution < 1.29 is 9.50 Å². The van der Waals surface area contributed by atoms with Crippen LogP contribution in [-0.2, 0) is 5.60 Å². The van der Waals surface area contributed by atoms with Crippen LogP contribution in [0.5, 0.6) is 0 Å². The second-order valence-electron chi connectivity index (χ2n) is 4.41. The third-order valence-electron chi connectivity index (χ3n) is 3.34. The van der Waals surface area contributed by atoms with Crippen molar-refractivity contribution >= 4 is 23.2 Å². The molecular formula is C13H17Cl2FO. The topological polar surface area (TPSA) is 20.2 Å². The summed E-state index contributed by atoms with van der Waals surface area (Å²) in [4.78, 5) is 0. The molecule has 96 valence electrons. The van der Waals surface area contributed by atoms with Gasteiger partial charge in [0.2, 0.25) is 0 Å². The first-order valence-electron chi connectivity index (χ1n) is 5.71. The molecule has 0 fully saturated rings. The Hall–Kier alpha value is -0.310. The van der Waals surface area contributed by atoms with E-state index in [9.17, 15) is 9.50 Å². The lowest BCUT2D eigenvalue weighted by Crippen LogP contribution is -2.31. The molecule has 17 heavy (non-hydrogen) atoms. The third kappa shape index (κ3) is 2.93. The molecule has 1 aromatic rings. The van der Waals surface area contributed by atoms with Crippen LogP contribution in [0.1, 0.15) is 39.2 Å². The van der Waals surface area contributed by atoms with E-state index in [2.05, 4.69) is 0 Å². The molecule has 0 aliphatic carbocycles. The molecule has 4 heteroatoms. The zero-order valence-electron chi connectivity index (χ0n) is 10.2. The van der Waals surface area contributed by atoms with Gasteiger partial charge in [-0.05, 0) is 25.0 Å². The molecule has 1 atom stereocenters. The normalized spacial score (nSPS) is 15.1. The van der Waals surface area contributed by atoms with Crippen LogP contribution < -0.4 is 0 Å². The zero-order valence-corrected chi connectivity index (χ0v) is 11.7. The highest BCUT2D eigenvalue weighted by molar-refractivity contribution is 6.35. The van der Waals surface area contributed by atoms with Gasteiger partial charge < -0.3 is 5.11 Å². The van der Waals surface area contributed by atoms with Crippen LogP contribution in [-0.4, -0.2) is 5.11 Å². The smallest absolute Gasteiger partial charge is 0.142 e. The lowest BCUT2D eigenvalue weighted by molar-refractivity contribution is -0.00964. The van der Waals surface area contributed by atoms with Gasteiger partial charge >= 0.3 is 0 Å². The molecule has 0 spiro atoms. The maximum Gasteiger partial charge on any atom is 0.142 e. The van der Waals surface area contributed by atoms with Gasteiger partial charge in [0.1, 0.15) is 5.82 Å². The van der Waals surface area contributed by atoms with Crippen LogP contribution in [0.3, 0.4) is 0 Å². The minimum absolute atomic E-state index is 0.0283. The van der Waals surface area contributed by atoms with Gasteiger partial charge in [0.25, 0.3) is 0 Å². The molecule has 1 N–H and O–H groups in total. The van der Waals surface area contributed by atoms with Gasteiger partial charge in [0.05, 0.1) is 10.6 Å². The first-order chi connectivity index (χ1) is 7.84. The summed E-state index contributed by atoms with van der Waals surface area (Å²) in [5.74, 6) is -0.530. The number of rotatable bonds is 4. The monoisotopic (exact) mass is 278 g/mol. The molecule has 0 bridgehead atoms. The maximum absolute atomic E-state index is 13.5. The molecule has 0 heterocycles. The van der Waals surface area contributed by atoms with Gasteiger partial charge in [-0.25, -0.2) is 4.39 Å². The lowest BCUT2D eigenvalue weighted by atomic mass is 9.80. The van der Waals surface area contributed by atoms with Gasteiger partial charge in [-0.3, -0.25) is 0 Å². The summed E-state index contributed by atoms with van der Waals surface area (Å²) >= 11 is 11.7. The van der Waals surface area contributed by atoms with E-state index in [1.54, 1.807) is 6.92 Å². The highest BCUT2D eigenvalue weighted by Gasteiger charge is 2.33. The van der Waals surface area contributed by atoms with E-state index in [4.69, 9.17) is 23.2 Å². The Morgan fingerprint density at radius 2 is 1.76 bits per heavy atom. The van der Waals surface area contributed by atoms with Crippen molar-refractivity contribution in [3.8, 4) is 0 Å². The van der Waals surface area contributed by atoms with Crippen molar-refractivity contribution in [1.82, 2.24) is 0 Å². The predicted molar refractivity (Wildman–Crippen MR) is 70.1 cm³/mol. The van der Waals surface area contributed by atoms with E-state index in [0.717, 1.165) is 12.8 Å². The van der Waals surface area contributed by atoms with Crippen molar-refractivity contribution in [1.29, 1.82) is 0 Å². The van der Waals surface area contributed by atoms with Crippen molar-refractivity contribution in [2.24, 2.45) is 5.92 Å². The molecule has 0 aliphatic heterocycles. The highest BCUT2D eigenvalue weighted by Crippen LogP contribution is 2.39. The number of hydrogen-bond acceptors (Lipinski definition) is 1. The zero-order chi connectivity index (χ0) is 13.2. The molecule has 0 aromatic heterocycles. The van der Waals surface area contributed by atoms with Gasteiger partial charge in [0, 0.05) is 10.6 Å². The summed E-state index contributed by atoms with van der Waals surface area (Å²) < 4.78 is 13.5. The third-order valence-corrected chi connectivity index (χ3v) is 3.94. The molecule has 1 aromatic carbocycles. The minimum Gasteiger partial charge on any atom is -0.385 e. The van der Waals surface area contributed by atoms with Crippen LogP contribution in [0.4, 0.5) is 4.39 Å². The lowest BCUT2D eigenvalue weighted by Gasteiger charge is -2.33. The quantitative estimate of drug-likeness (QED) is 0.787. The van der Waals surface area contributed by atoms with Crippen LogP contribution in [0, 0.1) is 11.7 Å². The molecule has 1 rings (SSSR count). The van der Waals surface area contributed by atoms with E-state index in [-0.39, 0.29) is 10.9 Å². The standard InChI is InChI=1S/C13H17Cl2FO/c1-4-8(5-2)13(3,17)9-6-12(16)11(15)7-10(9)14/h6-8,17H,4-5H2,1-3H3. The van der Waals surface area contributed by atoms with E-state index in [1.807, 2.05) is 13.8 Å². The Labute approximate surface area is 112 Å². The molecule has 1 unspecified atom stereocenters. The maximum atomic E-state index is 13.5. The number of aliphatic hydroxyl groups is 1. The van der Waals surface area contributed by atoms with Crippen LogP contribution in [0.2, 0.25) is 10.0 Å². The Morgan fingerprint density at radius 1 is 1.24 bits per heavy atom. The summed E-state index contributed by atoms with van der Waals surface area (Å²) in [7, 11) is 0. The fraction of sp³-hybridized carbons (Fsp3) is 0.538. The Bertz CT molecular complexity index is 401. The van der Waals surface area contributed by atoms with Crippen molar-refractivity contribution in [2.45, 2.75) is 39.2 Å². The summed E-state index contributed by atoms with van der Waals surface area (Å²) in [5, 5.41) is 10.8. The molecule has 0 saturated heterocycles. The summed E-state index contributed by atoms with van der Waals surface area (Å²) in [6.45, 7) is 5.64. The molecular weight excluding hydrogens is 262 g/mol. The summed E-state index contributed by atoms with van der Waals surface area (Å²) in [6.07, 6.45) is 1.59. The fourth-order valence-corrected chi connectivity index (χ4v) is 2.79. The predicted octanol–water partition coefficient (Wildman–Crippen LogP) is 4.78. The molecule has 0 amide bonds. The summed E-state index contributed by atoms with van der Waals surface area (Å²) in [6, 6.07) is 2.56. The number of halogens is 3. The van der Waals surface area contributed by atoms with E-state index in [1.165, 1.54) is 12.1 Å². The average molecular weight is 279 g/mol. The molecule has 1 nitrogen and oxygen atoms in total. The van der Waals surface area contributed by atoms with E-state index < -0.39 is 11.4 Å². The van der Waals surface area contributed by atoms with Crippen molar-refractivity contribution in [3.63, 3.8) is 0 Å². The van der Waals surface area contributed by atoms with E-state index in [0.29, 0.717) is 10.6 Å². The Kier molecular flexibility index (Phi) is 4.82. The first kappa shape index (κ1) is 14.7. The second-order valence-corrected chi connectivity index (χ2v) is 5.22. The van der Waals surface area contributed by atoms with Gasteiger partial charge in [-0.15, -0.1) is 0 Å². The first-order valence-corrected chi connectivity index (χ1v) is 6.47. The Balaban J connectivity index is 3.27. The molecule has 0 aliphatic rings. The largest absolute Gasteiger partial charge is 0.385 e. The fourth-order valence-electron chi connectivity index (χ4n) is 2.21. The average Bonchev–Trinajstić information content (AvgIpc) is 2.24. The minimum atomic E-state index is -1.15. The van der Waals surface area contributed by atoms with Gasteiger partial charge in [-0.2, -0.15) is 0 Å². The van der Waals surface area contributed by atoms with E-state index >= 15 is 0 Å². The number of hydrogen-bond donors (Lipinski definition) is 1. The Morgan fingerprint density at radius 3 is 2.24 bits per heavy atom. The van der Waals surface area contributed by atoms with Crippen LogP contribution in [0.15, 0.2) is 12.1 Å². The SMILES string of the molecule is CCC(CC)C(C)(O)c1cc(F)c(Cl)cc1Cl. The van der Waals surface area contributed by atoms with Gasteiger partial charge in [0.15, 0.2) is 0 Å². The second kappa shape index (κ2) is 5.55. The highest BCUT2D eigenvalue weighted by atomic mass is 35.5. The molecule has 0 radical (unpaired) electrons.